The molecule has 1 aromatic rings. The molecule has 1 unspecified atom stereocenters. The molecule has 1 N–H and O–H groups in total. The van der Waals surface area contributed by atoms with Gasteiger partial charge in [0.2, 0.25) is 0 Å². The number of piperidine rings is 1. The van der Waals surface area contributed by atoms with Crippen molar-refractivity contribution in [2.45, 2.75) is 38.8 Å². The lowest BCUT2D eigenvalue weighted by molar-refractivity contribution is 0.0889. The second-order valence-electron chi connectivity index (χ2n) is 8.70. The van der Waals surface area contributed by atoms with Crippen molar-refractivity contribution in [2.24, 2.45) is 10.9 Å². The fourth-order valence-corrected chi connectivity index (χ4v) is 4.35. The molecule has 1 atom stereocenters. The number of likely N-dealkylation sites (N-methyl/N-ethyl adjacent to an activating group) is 1. The zero-order valence-corrected chi connectivity index (χ0v) is 18.7. The molecule has 6 heteroatoms. The maximum Gasteiger partial charge on any atom is 0.193 e. The first-order valence-electron chi connectivity index (χ1n) is 11.2. The van der Waals surface area contributed by atoms with Crippen molar-refractivity contribution < 1.29 is 4.74 Å². The van der Waals surface area contributed by atoms with Gasteiger partial charge in [-0.05, 0) is 25.1 Å². The van der Waals surface area contributed by atoms with Crippen LogP contribution in [0.1, 0.15) is 26.7 Å². The van der Waals surface area contributed by atoms with Crippen LogP contribution in [-0.4, -0.2) is 92.7 Å². The molecule has 2 saturated heterocycles. The van der Waals surface area contributed by atoms with Gasteiger partial charge in [-0.25, -0.2) is 0 Å². The lowest BCUT2D eigenvalue weighted by atomic mass is 10.0. The van der Waals surface area contributed by atoms with Crippen LogP contribution in [-0.2, 0) is 0 Å². The van der Waals surface area contributed by atoms with Crippen LogP contribution in [0, 0.1) is 5.92 Å². The van der Waals surface area contributed by atoms with Gasteiger partial charge in [0.05, 0.1) is 0 Å². The molecule has 2 fully saturated rings. The van der Waals surface area contributed by atoms with Crippen molar-refractivity contribution in [2.75, 3.05) is 59.9 Å². The van der Waals surface area contributed by atoms with E-state index < -0.39 is 0 Å². The summed E-state index contributed by atoms with van der Waals surface area (Å²) in [7, 11) is 4.11. The standard InChI is InChI=1S/C23H39N5O/c1-19(2)22(27-16-14-26(4)15-17-27)18-25-23(24-3)28-12-10-21(11-13-28)29-20-8-6-5-7-9-20/h5-9,19,21-22H,10-18H2,1-4H3,(H,24,25). The van der Waals surface area contributed by atoms with Crippen molar-refractivity contribution in [3.05, 3.63) is 30.3 Å². The molecule has 2 aliphatic rings. The molecule has 0 aliphatic carbocycles. The summed E-state index contributed by atoms with van der Waals surface area (Å²) in [6.07, 6.45) is 2.35. The van der Waals surface area contributed by atoms with Gasteiger partial charge >= 0.3 is 0 Å². The van der Waals surface area contributed by atoms with Crippen LogP contribution in [0.4, 0.5) is 0 Å². The predicted molar refractivity (Wildman–Crippen MR) is 121 cm³/mol. The van der Waals surface area contributed by atoms with Crippen LogP contribution >= 0.6 is 0 Å². The summed E-state index contributed by atoms with van der Waals surface area (Å²) >= 11 is 0. The number of benzene rings is 1. The van der Waals surface area contributed by atoms with Gasteiger partial charge in [-0.15, -0.1) is 0 Å². The summed E-state index contributed by atoms with van der Waals surface area (Å²) in [6.45, 7) is 12.2. The van der Waals surface area contributed by atoms with E-state index in [9.17, 15) is 0 Å². The highest BCUT2D eigenvalue weighted by Gasteiger charge is 2.27. The number of para-hydroxylation sites is 1. The zero-order valence-electron chi connectivity index (χ0n) is 18.7. The van der Waals surface area contributed by atoms with Gasteiger partial charge in [0, 0.05) is 71.7 Å². The van der Waals surface area contributed by atoms with E-state index >= 15 is 0 Å². The third kappa shape index (κ3) is 6.34. The summed E-state index contributed by atoms with van der Waals surface area (Å²) in [5, 5.41) is 3.67. The molecule has 0 bridgehead atoms. The van der Waals surface area contributed by atoms with E-state index in [4.69, 9.17) is 4.74 Å². The van der Waals surface area contributed by atoms with Crippen LogP contribution in [0.2, 0.25) is 0 Å². The van der Waals surface area contributed by atoms with Crippen LogP contribution in [0.5, 0.6) is 5.75 Å². The van der Waals surface area contributed by atoms with E-state index in [0.717, 1.165) is 70.4 Å². The Bertz CT molecular complexity index is 619. The van der Waals surface area contributed by atoms with Crippen molar-refractivity contribution in [3.63, 3.8) is 0 Å². The number of nitrogens with zero attached hydrogens (tertiary/aromatic N) is 4. The van der Waals surface area contributed by atoms with Crippen LogP contribution in [0.25, 0.3) is 0 Å². The number of hydrogen-bond donors (Lipinski definition) is 1. The first-order chi connectivity index (χ1) is 14.1. The number of likely N-dealkylation sites (tertiary alicyclic amines) is 1. The first-order valence-corrected chi connectivity index (χ1v) is 11.2. The highest BCUT2D eigenvalue weighted by atomic mass is 16.5. The van der Waals surface area contributed by atoms with Crippen molar-refractivity contribution in [1.82, 2.24) is 20.0 Å². The Hall–Kier alpha value is -1.79. The molecule has 3 rings (SSSR count). The molecular formula is C23H39N5O. The first kappa shape index (κ1) is 21.9. The lowest BCUT2D eigenvalue weighted by Gasteiger charge is -2.41. The smallest absolute Gasteiger partial charge is 0.193 e. The van der Waals surface area contributed by atoms with E-state index in [1.165, 1.54) is 0 Å². The van der Waals surface area contributed by atoms with Gasteiger partial charge in [-0.2, -0.15) is 0 Å². The molecule has 0 amide bonds. The van der Waals surface area contributed by atoms with E-state index in [-0.39, 0.29) is 0 Å². The highest BCUT2D eigenvalue weighted by molar-refractivity contribution is 5.80. The number of piperazine rings is 1. The lowest BCUT2D eigenvalue weighted by Crippen LogP contribution is -2.56. The molecule has 0 spiro atoms. The second kappa shape index (κ2) is 10.8. The van der Waals surface area contributed by atoms with Crippen LogP contribution in [0.3, 0.4) is 0 Å². The molecule has 162 valence electrons. The molecular weight excluding hydrogens is 362 g/mol. The number of rotatable bonds is 6. The monoisotopic (exact) mass is 401 g/mol. The quantitative estimate of drug-likeness (QED) is 0.586. The van der Waals surface area contributed by atoms with Crippen LogP contribution < -0.4 is 10.1 Å². The average Bonchev–Trinajstić information content (AvgIpc) is 2.74. The molecule has 2 aliphatic heterocycles. The number of ether oxygens (including phenoxy) is 1. The fourth-order valence-electron chi connectivity index (χ4n) is 4.35. The zero-order chi connectivity index (χ0) is 20.6. The number of guanidine groups is 1. The van der Waals surface area contributed by atoms with Gasteiger partial charge in [-0.3, -0.25) is 9.89 Å². The average molecular weight is 402 g/mol. The van der Waals surface area contributed by atoms with E-state index in [2.05, 4.69) is 45.9 Å². The Morgan fingerprint density at radius 1 is 1.07 bits per heavy atom. The maximum atomic E-state index is 6.14. The molecule has 0 aromatic heterocycles. The Balaban J connectivity index is 1.47. The fraction of sp³-hybridized carbons (Fsp3) is 0.696. The third-order valence-electron chi connectivity index (χ3n) is 6.25. The summed E-state index contributed by atoms with van der Waals surface area (Å²) in [5.74, 6) is 2.62. The van der Waals surface area contributed by atoms with E-state index in [1.807, 2.05) is 37.4 Å². The molecule has 2 heterocycles. The Morgan fingerprint density at radius 2 is 1.72 bits per heavy atom. The minimum absolute atomic E-state index is 0.292. The summed E-state index contributed by atoms with van der Waals surface area (Å²) < 4.78 is 6.14. The Labute approximate surface area is 176 Å². The Morgan fingerprint density at radius 3 is 2.31 bits per heavy atom. The number of aliphatic imine (C=N–C) groups is 1. The van der Waals surface area contributed by atoms with Crippen molar-refractivity contribution in [3.8, 4) is 5.75 Å². The van der Waals surface area contributed by atoms with Gasteiger partial charge in [-0.1, -0.05) is 32.0 Å². The molecule has 29 heavy (non-hydrogen) atoms. The third-order valence-corrected chi connectivity index (χ3v) is 6.25. The normalized spacial score (nSPS) is 21.4. The highest BCUT2D eigenvalue weighted by Crippen LogP contribution is 2.19. The number of hydrogen-bond acceptors (Lipinski definition) is 4. The minimum Gasteiger partial charge on any atom is -0.490 e. The van der Waals surface area contributed by atoms with E-state index in [1.54, 1.807) is 0 Å². The molecule has 6 nitrogen and oxygen atoms in total. The SMILES string of the molecule is CN=C(NCC(C(C)C)N1CCN(C)CC1)N1CCC(Oc2ccccc2)CC1. The largest absolute Gasteiger partial charge is 0.490 e. The summed E-state index contributed by atoms with van der Waals surface area (Å²) in [6, 6.07) is 10.7. The van der Waals surface area contributed by atoms with Gasteiger partial charge in [0.25, 0.3) is 0 Å². The molecule has 0 saturated carbocycles. The predicted octanol–water partition coefficient (Wildman–Crippen LogP) is 2.38. The van der Waals surface area contributed by atoms with Crippen molar-refractivity contribution >= 4 is 5.96 Å². The van der Waals surface area contributed by atoms with Gasteiger partial charge in [0.15, 0.2) is 5.96 Å². The second-order valence-corrected chi connectivity index (χ2v) is 8.70. The maximum absolute atomic E-state index is 6.14. The Kier molecular flexibility index (Phi) is 8.19. The van der Waals surface area contributed by atoms with Gasteiger partial charge < -0.3 is 19.9 Å². The minimum atomic E-state index is 0.292. The topological polar surface area (TPSA) is 43.3 Å². The van der Waals surface area contributed by atoms with Gasteiger partial charge in [0.1, 0.15) is 11.9 Å². The number of nitrogens with one attached hydrogen (secondary N) is 1. The van der Waals surface area contributed by atoms with E-state index in [0.29, 0.717) is 18.1 Å². The summed E-state index contributed by atoms with van der Waals surface area (Å²) in [4.78, 5) is 12.0. The molecule has 0 radical (unpaired) electrons. The summed E-state index contributed by atoms with van der Waals surface area (Å²) in [5.41, 5.74) is 0. The molecule has 1 aromatic carbocycles. The van der Waals surface area contributed by atoms with Crippen molar-refractivity contribution in [1.29, 1.82) is 0 Å². The van der Waals surface area contributed by atoms with Crippen LogP contribution in [0.15, 0.2) is 35.3 Å².